The van der Waals surface area contributed by atoms with Gasteiger partial charge in [0.2, 0.25) is 11.7 Å². The molecule has 1 atom stereocenters. The van der Waals surface area contributed by atoms with Crippen LogP contribution in [0.5, 0.6) is 5.75 Å². The molecule has 8 heteroatoms. The van der Waals surface area contributed by atoms with Gasteiger partial charge in [-0.1, -0.05) is 6.07 Å². The fourth-order valence-electron chi connectivity index (χ4n) is 2.99. The van der Waals surface area contributed by atoms with Gasteiger partial charge >= 0.3 is 0 Å². The van der Waals surface area contributed by atoms with Crippen molar-refractivity contribution in [1.82, 2.24) is 0 Å². The van der Waals surface area contributed by atoms with Crippen molar-refractivity contribution in [2.75, 3.05) is 17.3 Å². The molecule has 0 saturated carbocycles. The number of rotatable bonds is 4. The van der Waals surface area contributed by atoms with Crippen LogP contribution in [-0.4, -0.2) is 18.9 Å². The van der Waals surface area contributed by atoms with Crippen LogP contribution in [0.2, 0.25) is 0 Å². The molecular weight excluding hydrogens is 363 g/mol. The molecular formula is C20H17FN4O3. The van der Waals surface area contributed by atoms with Crippen LogP contribution in [0.15, 0.2) is 70.3 Å². The number of hydrogen-bond donors (Lipinski definition) is 2. The summed E-state index contributed by atoms with van der Waals surface area (Å²) in [6, 6.07) is 14.4. The second-order valence-electron chi connectivity index (χ2n) is 6.09. The summed E-state index contributed by atoms with van der Waals surface area (Å²) >= 11 is 0. The average molecular weight is 380 g/mol. The smallest absolute Gasteiger partial charge is 0.291 e. The van der Waals surface area contributed by atoms with Crippen LogP contribution in [0.3, 0.4) is 0 Å². The highest BCUT2D eigenvalue weighted by Gasteiger charge is 2.34. The van der Waals surface area contributed by atoms with E-state index in [4.69, 9.17) is 14.9 Å². The van der Waals surface area contributed by atoms with Crippen LogP contribution in [0.25, 0.3) is 0 Å². The Hall–Kier alpha value is -3.65. The largest absolute Gasteiger partial charge is 0.497 e. The average Bonchev–Trinajstić information content (AvgIpc) is 3.17. The van der Waals surface area contributed by atoms with Crippen LogP contribution in [0.4, 0.5) is 21.6 Å². The number of fused-ring (bicyclic) bond motifs is 1. The van der Waals surface area contributed by atoms with Gasteiger partial charge in [-0.25, -0.2) is 4.39 Å². The van der Waals surface area contributed by atoms with E-state index in [0.29, 0.717) is 22.7 Å². The second kappa shape index (κ2) is 7.16. The summed E-state index contributed by atoms with van der Waals surface area (Å²) in [6.07, 6.45) is 0.779. The van der Waals surface area contributed by atoms with Crippen LogP contribution < -0.4 is 20.7 Å². The fraction of sp³-hybridized carbons (Fsp3) is 0.100. The molecule has 0 fully saturated rings. The van der Waals surface area contributed by atoms with Gasteiger partial charge in [0.05, 0.1) is 18.9 Å². The zero-order chi connectivity index (χ0) is 19.7. The van der Waals surface area contributed by atoms with Crippen molar-refractivity contribution < 1.29 is 18.3 Å². The number of carbonyl (C=O) groups excluding carboxylic acids is 1. The Morgan fingerprint density at radius 2 is 2.04 bits per heavy atom. The lowest BCUT2D eigenvalue weighted by molar-refractivity contribution is -0.110. The fourth-order valence-corrected chi connectivity index (χ4v) is 2.99. The molecule has 0 aliphatic carbocycles. The highest BCUT2D eigenvalue weighted by Crippen LogP contribution is 2.36. The van der Waals surface area contributed by atoms with E-state index in [0.717, 1.165) is 0 Å². The summed E-state index contributed by atoms with van der Waals surface area (Å²) in [5.41, 5.74) is 8.00. The highest BCUT2D eigenvalue weighted by molar-refractivity contribution is 6.47. The third kappa shape index (κ3) is 3.21. The van der Waals surface area contributed by atoms with E-state index in [2.05, 4.69) is 10.3 Å². The number of halogens is 1. The third-order valence-electron chi connectivity index (χ3n) is 4.34. The quantitative estimate of drug-likeness (QED) is 0.722. The Bertz CT molecular complexity index is 1050. The molecule has 1 aliphatic heterocycles. The molecule has 0 spiro atoms. The normalized spacial score (nSPS) is 15.6. The Labute approximate surface area is 160 Å². The summed E-state index contributed by atoms with van der Waals surface area (Å²) < 4.78 is 24.0. The lowest BCUT2D eigenvalue weighted by atomic mass is 10.1. The number of methoxy groups -OCH3 is 1. The van der Waals surface area contributed by atoms with E-state index in [1.54, 1.807) is 48.4 Å². The van der Waals surface area contributed by atoms with E-state index in [1.165, 1.54) is 24.5 Å². The number of amides is 1. The first-order chi connectivity index (χ1) is 13.6. The number of nitrogens with zero attached hydrogens (tertiary/aromatic N) is 2. The predicted octanol–water partition coefficient (Wildman–Crippen LogP) is 3.57. The van der Waals surface area contributed by atoms with Crippen molar-refractivity contribution in [2.45, 2.75) is 6.17 Å². The summed E-state index contributed by atoms with van der Waals surface area (Å²) in [6.45, 7) is 0. The maximum atomic E-state index is 13.5. The SMILES string of the molecule is COc1ccc(N2C(C(=O)Nc3cccc(F)c3)=Nc3occc3C2N)cc1. The number of hydrogen-bond acceptors (Lipinski definition) is 6. The van der Waals surface area contributed by atoms with Gasteiger partial charge in [0.25, 0.3) is 5.91 Å². The van der Waals surface area contributed by atoms with Crippen molar-refractivity contribution in [3.8, 4) is 5.75 Å². The minimum absolute atomic E-state index is 0.0318. The molecule has 1 unspecified atom stereocenters. The molecule has 1 aliphatic rings. The Morgan fingerprint density at radius 1 is 1.25 bits per heavy atom. The van der Waals surface area contributed by atoms with Crippen molar-refractivity contribution in [3.05, 3.63) is 72.2 Å². The van der Waals surface area contributed by atoms with Gasteiger partial charge in [0.1, 0.15) is 17.7 Å². The van der Waals surface area contributed by atoms with Gasteiger partial charge in [-0.2, -0.15) is 4.99 Å². The lowest BCUT2D eigenvalue weighted by Crippen LogP contribution is -2.47. The van der Waals surface area contributed by atoms with Crippen LogP contribution in [0, 0.1) is 5.82 Å². The Morgan fingerprint density at radius 3 is 2.75 bits per heavy atom. The number of carbonyl (C=O) groups is 1. The number of nitrogens with one attached hydrogen (secondary N) is 1. The lowest BCUT2D eigenvalue weighted by Gasteiger charge is -2.33. The maximum Gasteiger partial charge on any atom is 0.291 e. The maximum absolute atomic E-state index is 13.5. The van der Waals surface area contributed by atoms with Gasteiger partial charge in [-0.3, -0.25) is 4.79 Å². The Kier molecular flexibility index (Phi) is 4.54. The molecule has 2 aromatic carbocycles. The highest BCUT2D eigenvalue weighted by atomic mass is 19.1. The zero-order valence-corrected chi connectivity index (χ0v) is 14.9. The van der Waals surface area contributed by atoms with Gasteiger partial charge in [-0.05, 0) is 48.5 Å². The molecule has 1 aromatic heterocycles. The molecule has 0 radical (unpaired) electrons. The molecule has 2 heterocycles. The molecule has 28 heavy (non-hydrogen) atoms. The van der Waals surface area contributed by atoms with E-state index in [-0.39, 0.29) is 11.7 Å². The van der Waals surface area contributed by atoms with Gasteiger partial charge < -0.3 is 25.1 Å². The minimum Gasteiger partial charge on any atom is -0.497 e. The monoisotopic (exact) mass is 380 g/mol. The number of ether oxygens (including phenoxy) is 1. The summed E-state index contributed by atoms with van der Waals surface area (Å²) in [5.74, 6) is -0.0357. The van der Waals surface area contributed by atoms with Crippen molar-refractivity contribution in [3.63, 3.8) is 0 Å². The molecule has 0 bridgehead atoms. The molecule has 4 rings (SSSR count). The van der Waals surface area contributed by atoms with Gasteiger partial charge in [0, 0.05) is 11.4 Å². The van der Waals surface area contributed by atoms with Gasteiger partial charge in [-0.15, -0.1) is 0 Å². The number of furan rings is 1. The summed E-state index contributed by atoms with van der Waals surface area (Å²) in [5, 5.41) is 2.65. The molecule has 142 valence electrons. The third-order valence-corrected chi connectivity index (χ3v) is 4.34. The van der Waals surface area contributed by atoms with Crippen LogP contribution >= 0.6 is 0 Å². The topological polar surface area (TPSA) is 93.1 Å². The number of benzene rings is 2. The van der Waals surface area contributed by atoms with Gasteiger partial charge in [0.15, 0.2) is 0 Å². The zero-order valence-electron chi connectivity index (χ0n) is 14.9. The summed E-state index contributed by atoms with van der Waals surface area (Å²) in [4.78, 5) is 18.9. The minimum atomic E-state index is -0.687. The molecule has 7 nitrogen and oxygen atoms in total. The Balaban J connectivity index is 1.73. The van der Waals surface area contributed by atoms with Crippen molar-refractivity contribution in [1.29, 1.82) is 0 Å². The van der Waals surface area contributed by atoms with Crippen LogP contribution in [0.1, 0.15) is 11.7 Å². The molecule has 0 saturated heterocycles. The van der Waals surface area contributed by atoms with Crippen LogP contribution in [-0.2, 0) is 4.79 Å². The first kappa shape index (κ1) is 17.7. The number of anilines is 2. The summed E-state index contributed by atoms with van der Waals surface area (Å²) in [7, 11) is 1.57. The first-order valence-corrected chi connectivity index (χ1v) is 8.48. The standard InChI is InChI=1S/C20H17FN4O3/c1-27-15-7-5-14(6-8-15)25-17(22)16-9-10-28-20(16)24-18(25)19(26)23-13-4-2-3-12(21)11-13/h2-11,17H,22H2,1H3,(H,23,26). The molecule has 3 N–H and O–H groups in total. The van der Waals surface area contributed by atoms with Crippen molar-refractivity contribution in [2.24, 2.45) is 10.7 Å². The van der Waals surface area contributed by atoms with E-state index in [9.17, 15) is 9.18 Å². The molecule has 3 aromatic rings. The van der Waals surface area contributed by atoms with E-state index >= 15 is 0 Å². The first-order valence-electron chi connectivity index (χ1n) is 8.48. The number of amidine groups is 1. The van der Waals surface area contributed by atoms with E-state index < -0.39 is 17.9 Å². The van der Waals surface area contributed by atoms with E-state index in [1.807, 2.05) is 0 Å². The second-order valence-corrected chi connectivity index (χ2v) is 6.09. The number of nitrogens with two attached hydrogens (primary N) is 1. The van der Waals surface area contributed by atoms with Crippen molar-refractivity contribution >= 4 is 29.0 Å². The molecule has 1 amide bonds. The number of aliphatic imine (C=N–C) groups is 1. The predicted molar refractivity (Wildman–Crippen MR) is 103 cm³/mol.